The third-order valence-corrected chi connectivity index (χ3v) is 5.61. The molecule has 3 rings (SSSR count). The van der Waals surface area contributed by atoms with E-state index < -0.39 is 0 Å². The van der Waals surface area contributed by atoms with Gasteiger partial charge in [0.15, 0.2) is 4.34 Å². The number of nitrogens with one attached hydrogen (secondary N) is 1. The Morgan fingerprint density at radius 2 is 2.22 bits per heavy atom. The van der Waals surface area contributed by atoms with Gasteiger partial charge in [0, 0.05) is 5.75 Å². The van der Waals surface area contributed by atoms with Crippen molar-refractivity contribution in [1.29, 1.82) is 0 Å². The van der Waals surface area contributed by atoms with Crippen molar-refractivity contribution < 1.29 is 9.18 Å². The number of halogens is 1. The first-order valence-electron chi connectivity index (χ1n) is 6.43. The smallest absolute Gasteiger partial charge is 0.271 e. The molecule has 1 aromatic carbocycles. The molecule has 1 amide bonds. The molecule has 0 aliphatic rings. The average Bonchev–Trinajstić information content (AvgIpc) is 3.14. The van der Waals surface area contributed by atoms with Gasteiger partial charge < -0.3 is 0 Å². The van der Waals surface area contributed by atoms with Crippen LogP contribution in [0.5, 0.6) is 0 Å². The minimum absolute atomic E-state index is 0.262. The summed E-state index contributed by atoms with van der Waals surface area (Å²) in [6.45, 7) is 1.72. The monoisotopic (exact) mass is 367 g/mol. The van der Waals surface area contributed by atoms with Crippen LogP contribution in [0.2, 0.25) is 0 Å². The van der Waals surface area contributed by atoms with Crippen molar-refractivity contribution in [1.82, 2.24) is 19.8 Å². The van der Waals surface area contributed by atoms with Gasteiger partial charge in [-0.05, 0) is 36.2 Å². The SMILES string of the molecule is Cc1nnsc1C(=O)Nc1nnc(SCc2cccc(F)c2)s1. The van der Waals surface area contributed by atoms with Gasteiger partial charge in [0.2, 0.25) is 5.13 Å². The van der Waals surface area contributed by atoms with Crippen molar-refractivity contribution in [3.8, 4) is 0 Å². The molecular formula is C13H10FN5OS3. The third kappa shape index (κ3) is 4.09. The molecule has 0 spiro atoms. The number of aromatic nitrogens is 4. The molecule has 1 N–H and O–H groups in total. The zero-order valence-electron chi connectivity index (χ0n) is 11.8. The van der Waals surface area contributed by atoms with E-state index in [-0.39, 0.29) is 11.7 Å². The number of hydrogen-bond acceptors (Lipinski definition) is 8. The van der Waals surface area contributed by atoms with Crippen molar-refractivity contribution in [3.63, 3.8) is 0 Å². The van der Waals surface area contributed by atoms with Gasteiger partial charge in [0.25, 0.3) is 5.91 Å². The van der Waals surface area contributed by atoms with Crippen molar-refractivity contribution >= 4 is 45.7 Å². The molecule has 0 saturated carbocycles. The van der Waals surface area contributed by atoms with Crippen LogP contribution < -0.4 is 5.32 Å². The number of aryl methyl sites for hydroxylation is 1. The number of rotatable bonds is 5. The zero-order chi connectivity index (χ0) is 16.2. The van der Waals surface area contributed by atoms with E-state index in [1.807, 2.05) is 6.07 Å². The molecule has 2 aromatic heterocycles. The summed E-state index contributed by atoms with van der Waals surface area (Å²) in [5.74, 6) is 0.0234. The zero-order valence-corrected chi connectivity index (χ0v) is 14.3. The van der Waals surface area contributed by atoms with Gasteiger partial charge in [-0.25, -0.2) is 4.39 Å². The van der Waals surface area contributed by atoms with Crippen molar-refractivity contribution in [2.24, 2.45) is 0 Å². The van der Waals surface area contributed by atoms with Crippen molar-refractivity contribution in [2.75, 3.05) is 5.32 Å². The molecule has 23 heavy (non-hydrogen) atoms. The van der Waals surface area contributed by atoms with Crippen LogP contribution in [0.3, 0.4) is 0 Å². The fourth-order valence-electron chi connectivity index (χ4n) is 1.68. The second-order valence-electron chi connectivity index (χ2n) is 4.43. The summed E-state index contributed by atoms with van der Waals surface area (Å²) in [7, 11) is 0. The quantitative estimate of drug-likeness (QED) is 0.550. The second-order valence-corrected chi connectivity index (χ2v) is 7.39. The molecule has 3 aromatic rings. The van der Waals surface area contributed by atoms with Crippen LogP contribution >= 0.6 is 34.6 Å². The summed E-state index contributed by atoms with van der Waals surface area (Å²) in [5, 5.41) is 14.8. The van der Waals surface area contributed by atoms with Crippen LogP contribution in [-0.2, 0) is 5.75 Å². The standard InChI is InChI=1S/C13H10FN5OS3/c1-7-10(23-19-16-7)11(20)15-12-17-18-13(22-12)21-6-8-3-2-4-9(14)5-8/h2-5H,6H2,1H3,(H,15,17,20). The van der Waals surface area contributed by atoms with Crippen LogP contribution in [-0.4, -0.2) is 25.7 Å². The van der Waals surface area contributed by atoms with Gasteiger partial charge in [-0.1, -0.05) is 39.7 Å². The summed E-state index contributed by atoms with van der Waals surface area (Å²) < 4.78 is 17.5. The van der Waals surface area contributed by atoms with E-state index in [4.69, 9.17) is 0 Å². The first-order valence-corrected chi connectivity index (χ1v) is 9.00. The average molecular weight is 367 g/mol. The number of benzene rings is 1. The summed E-state index contributed by atoms with van der Waals surface area (Å²) in [4.78, 5) is 12.5. The number of thioether (sulfide) groups is 1. The normalized spacial score (nSPS) is 10.7. The Morgan fingerprint density at radius 3 is 2.96 bits per heavy atom. The Kier molecular flexibility index (Phi) is 4.94. The fourth-order valence-corrected chi connectivity index (χ4v) is 3.93. The van der Waals surface area contributed by atoms with Gasteiger partial charge in [0.05, 0.1) is 5.69 Å². The van der Waals surface area contributed by atoms with Gasteiger partial charge in [-0.3, -0.25) is 10.1 Å². The molecular weight excluding hydrogens is 357 g/mol. The molecule has 0 fully saturated rings. The molecule has 2 heterocycles. The third-order valence-electron chi connectivity index (χ3n) is 2.74. The predicted octanol–water partition coefficient (Wildman–Crippen LogP) is 3.38. The lowest BCUT2D eigenvalue weighted by atomic mass is 10.2. The van der Waals surface area contributed by atoms with Crippen molar-refractivity contribution in [2.45, 2.75) is 17.0 Å². The number of amides is 1. The van der Waals surface area contributed by atoms with E-state index in [1.165, 1.54) is 35.2 Å². The molecule has 0 radical (unpaired) electrons. The van der Waals surface area contributed by atoms with Crippen LogP contribution in [0, 0.1) is 12.7 Å². The van der Waals surface area contributed by atoms with Crippen LogP contribution in [0.25, 0.3) is 0 Å². The summed E-state index contributed by atoms with van der Waals surface area (Å²) in [5.41, 5.74) is 1.44. The van der Waals surface area contributed by atoms with Crippen LogP contribution in [0.15, 0.2) is 28.6 Å². The second kappa shape index (κ2) is 7.11. The maximum Gasteiger partial charge on any atom is 0.271 e. The number of carbonyl (C=O) groups excluding carboxylic acids is 1. The molecule has 0 saturated heterocycles. The Balaban J connectivity index is 1.60. The molecule has 118 valence electrons. The van der Waals surface area contributed by atoms with Crippen molar-refractivity contribution in [3.05, 3.63) is 46.2 Å². The largest absolute Gasteiger partial charge is 0.296 e. The first kappa shape index (κ1) is 16.0. The molecule has 6 nitrogen and oxygen atoms in total. The molecule has 0 unspecified atom stereocenters. The number of carbonyl (C=O) groups is 1. The Hall–Kier alpha value is -1.91. The lowest BCUT2D eigenvalue weighted by molar-refractivity contribution is 0.102. The maximum absolute atomic E-state index is 13.1. The number of anilines is 1. The highest BCUT2D eigenvalue weighted by atomic mass is 32.2. The first-order chi connectivity index (χ1) is 11.1. The minimum atomic E-state index is -0.296. The lowest BCUT2D eigenvalue weighted by Gasteiger charge is -1.98. The highest BCUT2D eigenvalue weighted by molar-refractivity contribution is 8.00. The molecule has 0 aliphatic carbocycles. The summed E-state index contributed by atoms with van der Waals surface area (Å²) in [6.07, 6.45) is 0. The summed E-state index contributed by atoms with van der Waals surface area (Å²) >= 11 is 3.74. The summed E-state index contributed by atoms with van der Waals surface area (Å²) in [6, 6.07) is 6.40. The van der Waals surface area contributed by atoms with E-state index in [0.717, 1.165) is 17.1 Å². The maximum atomic E-state index is 13.1. The van der Waals surface area contributed by atoms with E-state index in [1.54, 1.807) is 13.0 Å². The van der Waals surface area contributed by atoms with Crippen LogP contribution in [0.4, 0.5) is 9.52 Å². The van der Waals surface area contributed by atoms with Gasteiger partial charge in [0.1, 0.15) is 10.7 Å². The Labute approximate surface area is 143 Å². The molecule has 0 atom stereocenters. The highest BCUT2D eigenvalue weighted by Gasteiger charge is 2.15. The Morgan fingerprint density at radius 1 is 1.35 bits per heavy atom. The highest BCUT2D eigenvalue weighted by Crippen LogP contribution is 2.28. The van der Waals surface area contributed by atoms with Gasteiger partial charge in [-0.2, -0.15) is 0 Å². The lowest BCUT2D eigenvalue weighted by Crippen LogP contribution is -2.11. The fraction of sp³-hybridized carbons (Fsp3) is 0.154. The topological polar surface area (TPSA) is 80.7 Å². The van der Waals surface area contributed by atoms with Crippen LogP contribution in [0.1, 0.15) is 20.9 Å². The predicted molar refractivity (Wildman–Crippen MR) is 88.5 cm³/mol. The Bertz CT molecular complexity index is 834. The van der Waals surface area contributed by atoms with E-state index in [2.05, 4.69) is 25.1 Å². The van der Waals surface area contributed by atoms with E-state index in [9.17, 15) is 9.18 Å². The van der Waals surface area contributed by atoms with E-state index >= 15 is 0 Å². The minimum Gasteiger partial charge on any atom is -0.296 e. The number of nitrogens with zero attached hydrogens (tertiary/aromatic N) is 4. The molecule has 10 heteroatoms. The molecule has 0 aliphatic heterocycles. The van der Waals surface area contributed by atoms with Gasteiger partial charge in [-0.15, -0.1) is 15.3 Å². The van der Waals surface area contributed by atoms with Gasteiger partial charge >= 0.3 is 0 Å². The molecule has 0 bridgehead atoms. The number of hydrogen-bond donors (Lipinski definition) is 1. The van der Waals surface area contributed by atoms with E-state index in [0.29, 0.717) is 25.8 Å².